The normalized spacial score (nSPS) is 10.2. The second-order valence-corrected chi connectivity index (χ2v) is 5.72. The molecule has 0 saturated carbocycles. The lowest BCUT2D eigenvalue weighted by Crippen LogP contribution is -2.13. The van der Waals surface area contributed by atoms with Crippen LogP contribution in [0.5, 0.6) is 23.0 Å². The number of benzene rings is 2. The first-order chi connectivity index (χ1) is 12.5. The quantitative estimate of drug-likeness (QED) is 0.530. The van der Waals surface area contributed by atoms with Gasteiger partial charge in [0.1, 0.15) is 30.3 Å². The molecule has 0 heterocycles. The molecule has 0 spiro atoms. The number of esters is 1. The van der Waals surface area contributed by atoms with Gasteiger partial charge < -0.3 is 23.7 Å². The zero-order valence-corrected chi connectivity index (χ0v) is 15.8. The minimum atomic E-state index is -0.521. The van der Waals surface area contributed by atoms with Crippen LogP contribution in [0.2, 0.25) is 0 Å². The van der Waals surface area contributed by atoms with E-state index in [1.54, 1.807) is 6.07 Å². The highest BCUT2D eigenvalue weighted by Gasteiger charge is 2.19. The van der Waals surface area contributed by atoms with E-state index in [4.69, 9.17) is 23.7 Å². The number of carbonyl (C=O) groups excluding carboxylic acids is 1. The van der Waals surface area contributed by atoms with Crippen molar-refractivity contribution in [3.8, 4) is 23.0 Å². The highest BCUT2D eigenvalue weighted by Crippen LogP contribution is 2.34. The van der Waals surface area contributed by atoms with Gasteiger partial charge in [0, 0.05) is 12.1 Å². The summed E-state index contributed by atoms with van der Waals surface area (Å²) in [4.78, 5) is 12.4. The van der Waals surface area contributed by atoms with E-state index in [0.717, 1.165) is 16.9 Å². The SMILES string of the molecule is COc1cc(OC)c(C(=O)OCCOc2cc(C)cc(C)c2)cc1OC. The molecule has 0 fully saturated rings. The van der Waals surface area contributed by atoms with Crippen LogP contribution < -0.4 is 18.9 Å². The van der Waals surface area contributed by atoms with Crippen LogP contribution in [0.1, 0.15) is 21.5 Å². The van der Waals surface area contributed by atoms with E-state index in [-0.39, 0.29) is 18.8 Å². The largest absolute Gasteiger partial charge is 0.496 e. The van der Waals surface area contributed by atoms with Crippen LogP contribution in [0.4, 0.5) is 0 Å². The Morgan fingerprint density at radius 2 is 1.35 bits per heavy atom. The zero-order chi connectivity index (χ0) is 19.1. The molecular formula is C20H24O6. The summed E-state index contributed by atoms with van der Waals surface area (Å²) in [6.45, 7) is 4.38. The maximum atomic E-state index is 12.4. The van der Waals surface area contributed by atoms with Crippen LogP contribution in [0.25, 0.3) is 0 Å². The zero-order valence-electron chi connectivity index (χ0n) is 15.8. The van der Waals surface area contributed by atoms with Gasteiger partial charge in [-0.2, -0.15) is 0 Å². The van der Waals surface area contributed by atoms with Crippen molar-refractivity contribution in [3.05, 3.63) is 47.0 Å². The molecule has 2 rings (SSSR count). The lowest BCUT2D eigenvalue weighted by atomic mass is 10.1. The summed E-state index contributed by atoms with van der Waals surface area (Å²) in [5, 5.41) is 0. The highest BCUT2D eigenvalue weighted by molar-refractivity contribution is 5.93. The van der Waals surface area contributed by atoms with Gasteiger partial charge in [0.2, 0.25) is 0 Å². The van der Waals surface area contributed by atoms with Crippen molar-refractivity contribution in [1.82, 2.24) is 0 Å². The number of rotatable bonds is 8. The molecule has 0 aliphatic rings. The summed E-state index contributed by atoms with van der Waals surface area (Å²) in [7, 11) is 4.48. The fraction of sp³-hybridized carbons (Fsp3) is 0.350. The van der Waals surface area contributed by atoms with Gasteiger partial charge in [0.25, 0.3) is 0 Å². The minimum Gasteiger partial charge on any atom is -0.496 e. The Labute approximate surface area is 153 Å². The van der Waals surface area contributed by atoms with E-state index in [0.29, 0.717) is 17.2 Å². The van der Waals surface area contributed by atoms with E-state index < -0.39 is 5.97 Å². The predicted molar refractivity (Wildman–Crippen MR) is 97.8 cm³/mol. The van der Waals surface area contributed by atoms with Gasteiger partial charge in [0.05, 0.1) is 21.3 Å². The Morgan fingerprint density at radius 1 is 0.769 bits per heavy atom. The molecule has 140 valence electrons. The van der Waals surface area contributed by atoms with Gasteiger partial charge in [-0.3, -0.25) is 0 Å². The molecule has 6 heteroatoms. The number of hydrogen-bond acceptors (Lipinski definition) is 6. The molecule has 0 bridgehead atoms. The average molecular weight is 360 g/mol. The monoisotopic (exact) mass is 360 g/mol. The molecule has 2 aromatic carbocycles. The molecule has 0 N–H and O–H groups in total. The Bertz CT molecular complexity index is 749. The summed E-state index contributed by atoms with van der Waals surface area (Å²) in [6, 6.07) is 9.06. The van der Waals surface area contributed by atoms with Crippen LogP contribution in [-0.2, 0) is 4.74 Å². The summed E-state index contributed by atoms with van der Waals surface area (Å²) in [6.07, 6.45) is 0. The standard InChI is InChI=1S/C20H24O6/c1-13-8-14(2)10-15(9-13)25-6-7-26-20(21)16-11-18(23-4)19(24-5)12-17(16)22-3/h8-12H,6-7H2,1-5H3. The van der Waals surface area contributed by atoms with E-state index >= 15 is 0 Å². The van der Waals surface area contributed by atoms with Gasteiger partial charge >= 0.3 is 5.97 Å². The van der Waals surface area contributed by atoms with Crippen molar-refractivity contribution in [1.29, 1.82) is 0 Å². The summed E-state index contributed by atoms with van der Waals surface area (Å²) in [5.74, 6) is 1.47. The molecule has 0 aliphatic carbocycles. The summed E-state index contributed by atoms with van der Waals surface area (Å²) >= 11 is 0. The fourth-order valence-corrected chi connectivity index (χ4v) is 2.58. The third kappa shape index (κ3) is 4.81. The van der Waals surface area contributed by atoms with Gasteiger partial charge in [0.15, 0.2) is 11.5 Å². The third-order valence-corrected chi connectivity index (χ3v) is 3.71. The molecule has 0 saturated heterocycles. The van der Waals surface area contributed by atoms with Crippen LogP contribution in [0, 0.1) is 13.8 Å². The van der Waals surface area contributed by atoms with E-state index in [2.05, 4.69) is 6.07 Å². The van der Waals surface area contributed by atoms with Gasteiger partial charge in [-0.1, -0.05) is 6.07 Å². The first kappa shape index (κ1) is 19.4. The third-order valence-electron chi connectivity index (χ3n) is 3.71. The van der Waals surface area contributed by atoms with Crippen molar-refractivity contribution in [2.45, 2.75) is 13.8 Å². The Kier molecular flexibility index (Phi) is 6.72. The topological polar surface area (TPSA) is 63.2 Å². The van der Waals surface area contributed by atoms with Gasteiger partial charge in [-0.05, 0) is 37.1 Å². The van der Waals surface area contributed by atoms with E-state index in [1.165, 1.54) is 27.4 Å². The maximum absolute atomic E-state index is 12.4. The number of methoxy groups -OCH3 is 3. The molecule has 2 aromatic rings. The Balaban J connectivity index is 1.99. The Morgan fingerprint density at radius 3 is 1.92 bits per heavy atom. The predicted octanol–water partition coefficient (Wildman–Crippen LogP) is 3.57. The first-order valence-electron chi connectivity index (χ1n) is 8.16. The van der Waals surface area contributed by atoms with Crippen LogP contribution >= 0.6 is 0 Å². The Hall–Kier alpha value is -2.89. The van der Waals surface area contributed by atoms with Gasteiger partial charge in [-0.15, -0.1) is 0 Å². The second kappa shape index (κ2) is 8.99. The van der Waals surface area contributed by atoms with E-state index in [9.17, 15) is 4.79 Å². The number of aryl methyl sites for hydroxylation is 2. The van der Waals surface area contributed by atoms with Crippen molar-refractivity contribution in [2.75, 3.05) is 34.5 Å². The van der Waals surface area contributed by atoms with Crippen LogP contribution in [0.3, 0.4) is 0 Å². The number of carbonyl (C=O) groups is 1. The molecule has 6 nitrogen and oxygen atoms in total. The fourth-order valence-electron chi connectivity index (χ4n) is 2.58. The molecule has 0 amide bonds. The molecule has 0 aromatic heterocycles. The molecule has 26 heavy (non-hydrogen) atoms. The lowest BCUT2D eigenvalue weighted by Gasteiger charge is -2.14. The lowest BCUT2D eigenvalue weighted by molar-refractivity contribution is 0.0446. The molecular weight excluding hydrogens is 336 g/mol. The molecule has 0 unspecified atom stereocenters. The summed E-state index contributed by atoms with van der Waals surface area (Å²) in [5.41, 5.74) is 2.50. The van der Waals surface area contributed by atoms with Crippen LogP contribution in [-0.4, -0.2) is 40.5 Å². The summed E-state index contributed by atoms with van der Waals surface area (Å²) < 4.78 is 26.6. The first-order valence-corrected chi connectivity index (χ1v) is 8.16. The van der Waals surface area contributed by atoms with Gasteiger partial charge in [-0.25, -0.2) is 4.79 Å². The number of ether oxygens (including phenoxy) is 5. The van der Waals surface area contributed by atoms with Crippen LogP contribution in [0.15, 0.2) is 30.3 Å². The maximum Gasteiger partial charge on any atom is 0.342 e. The van der Waals surface area contributed by atoms with Crippen molar-refractivity contribution in [3.63, 3.8) is 0 Å². The van der Waals surface area contributed by atoms with Crippen molar-refractivity contribution in [2.24, 2.45) is 0 Å². The molecule has 0 aliphatic heterocycles. The second-order valence-electron chi connectivity index (χ2n) is 5.72. The molecule has 0 atom stereocenters. The van der Waals surface area contributed by atoms with Crippen molar-refractivity contribution < 1.29 is 28.5 Å². The van der Waals surface area contributed by atoms with Crippen molar-refractivity contribution >= 4 is 5.97 Å². The number of hydrogen-bond donors (Lipinski definition) is 0. The minimum absolute atomic E-state index is 0.114. The molecule has 0 radical (unpaired) electrons. The van der Waals surface area contributed by atoms with E-state index in [1.807, 2.05) is 26.0 Å². The smallest absolute Gasteiger partial charge is 0.342 e. The highest BCUT2D eigenvalue weighted by atomic mass is 16.6. The average Bonchev–Trinajstić information content (AvgIpc) is 2.63.